The highest BCUT2D eigenvalue weighted by Crippen LogP contribution is 2.36. The first-order valence-corrected chi connectivity index (χ1v) is 17.2. The molecule has 1 fully saturated rings. The van der Waals surface area contributed by atoms with E-state index in [-0.39, 0.29) is 5.91 Å². The van der Waals surface area contributed by atoms with Gasteiger partial charge in [0.05, 0.1) is 17.2 Å². The lowest BCUT2D eigenvalue weighted by molar-refractivity contribution is -0.122. The van der Waals surface area contributed by atoms with Gasteiger partial charge < -0.3 is 4.74 Å². The first kappa shape index (κ1) is 33.0. The van der Waals surface area contributed by atoms with Crippen LogP contribution < -0.4 is 4.74 Å². The molecular formula is C36H47N3O2S2. The number of aryl methyl sites for hydroxylation is 1. The van der Waals surface area contributed by atoms with Crippen LogP contribution in [0.5, 0.6) is 5.75 Å². The van der Waals surface area contributed by atoms with Crippen molar-refractivity contribution in [3.63, 3.8) is 0 Å². The molecule has 0 spiro atoms. The number of carbonyl (C=O) groups is 1. The molecule has 2 heterocycles. The van der Waals surface area contributed by atoms with E-state index in [2.05, 4.69) is 33.8 Å². The van der Waals surface area contributed by atoms with Crippen molar-refractivity contribution in [2.75, 3.05) is 13.2 Å². The molecule has 0 saturated carbocycles. The van der Waals surface area contributed by atoms with Gasteiger partial charge >= 0.3 is 0 Å². The average Bonchev–Trinajstić information content (AvgIpc) is 3.54. The topological polar surface area (TPSA) is 47.4 Å². The summed E-state index contributed by atoms with van der Waals surface area (Å²) in [4.78, 5) is 15.9. The van der Waals surface area contributed by atoms with Crippen LogP contribution in [0.1, 0.15) is 96.1 Å². The quantitative estimate of drug-likeness (QED) is 0.0857. The van der Waals surface area contributed by atoms with E-state index < -0.39 is 0 Å². The van der Waals surface area contributed by atoms with Crippen molar-refractivity contribution in [2.24, 2.45) is 5.92 Å². The van der Waals surface area contributed by atoms with E-state index in [0.29, 0.717) is 28.3 Å². The Balaban J connectivity index is 1.45. The highest BCUT2D eigenvalue weighted by Gasteiger charge is 2.32. The standard InChI is InChI=1S/C36H47N3O2S2/c1-5-6-7-8-9-10-11-12-13-17-22-38-35(40)33(43-36(38)42)24-30-25-39(31-18-15-14-16-19-31)37-34(30)29-20-21-32(28(4)23-29)41-26-27(2)3/h14-16,18-21,23-25,27H,5-13,17,22,26H2,1-4H3/b33-24-. The number of unbranched alkanes of at least 4 members (excludes halogenated alkanes) is 9. The molecule has 0 N–H and O–H groups in total. The van der Waals surface area contributed by atoms with Crippen molar-refractivity contribution in [1.29, 1.82) is 0 Å². The van der Waals surface area contributed by atoms with Gasteiger partial charge in [-0.3, -0.25) is 9.69 Å². The second kappa shape index (κ2) is 16.8. The van der Waals surface area contributed by atoms with Crippen LogP contribution in [0.3, 0.4) is 0 Å². The molecular weight excluding hydrogens is 571 g/mol. The van der Waals surface area contributed by atoms with Gasteiger partial charge in [-0.05, 0) is 61.2 Å². The summed E-state index contributed by atoms with van der Waals surface area (Å²) in [7, 11) is 0. The van der Waals surface area contributed by atoms with Crippen LogP contribution in [0.2, 0.25) is 0 Å². The third-order valence-electron chi connectivity index (χ3n) is 7.68. The van der Waals surface area contributed by atoms with Crippen molar-refractivity contribution >= 4 is 40.3 Å². The molecule has 1 aliphatic heterocycles. The molecule has 5 nitrogen and oxygen atoms in total. The summed E-state index contributed by atoms with van der Waals surface area (Å²) < 4.78 is 8.54. The van der Waals surface area contributed by atoms with Crippen molar-refractivity contribution in [2.45, 2.75) is 91.9 Å². The number of thiocarbonyl (C=S) groups is 1. The van der Waals surface area contributed by atoms with Gasteiger partial charge in [-0.15, -0.1) is 0 Å². The van der Waals surface area contributed by atoms with Crippen LogP contribution in [-0.4, -0.2) is 38.1 Å². The van der Waals surface area contributed by atoms with Gasteiger partial charge in [0.1, 0.15) is 15.8 Å². The largest absolute Gasteiger partial charge is 0.493 e. The third kappa shape index (κ3) is 9.54. The van der Waals surface area contributed by atoms with Crippen molar-refractivity contribution in [1.82, 2.24) is 14.7 Å². The smallest absolute Gasteiger partial charge is 0.266 e. The number of carbonyl (C=O) groups excluding carboxylic acids is 1. The molecule has 0 aliphatic carbocycles. The Labute approximate surface area is 268 Å². The Morgan fingerprint density at radius 2 is 1.63 bits per heavy atom. The van der Waals surface area contributed by atoms with Crippen LogP contribution in [0.4, 0.5) is 0 Å². The fourth-order valence-corrected chi connectivity index (χ4v) is 6.54. The maximum absolute atomic E-state index is 13.5. The first-order chi connectivity index (χ1) is 20.9. The van der Waals surface area contributed by atoms with Crippen LogP contribution in [0.25, 0.3) is 23.0 Å². The molecule has 1 aliphatic rings. The first-order valence-electron chi connectivity index (χ1n) is 16.0. The number of aromatic nitrogens is 2. The Kier molecular flexibility index (Phi) is 12.9. The maximum Gasteiger partial charge on any atom is 0.266 e. The summed E-state index contributed by atoms with van der Waals surface area (Å²) >= 11 is 7.05. The van der Waals surface area contributed by atoms with E-state index in [1.807, 2.05) is 59.4 Å². The lowest BCUT2D eigenvalue weighted by Gasteiger charge is -2.14. The van der Waals surface area contributed by atoms with Gasteiger partial charge in [0, 0.05) is 23.9 Å². The predicted octanol–water partition coefficient (Wildman–Crippen LogP) is 10.0. The molecule has 1 aromatic heterocycles. The molecule has 3 aromatic rings. The van der Waals surface area contributed by atoms with Crippen molar-refractivity contribution in [3.8, 4) is 22.7 Å². The zero-order valence-corrected chi connectivity index (χ0v) is 27.9. The Morgan fingerprint density at radius 1 is 0.953 bits per heavy atom. The maximum atomic E-state index is 13.5. The van der Waals surface area contributed by atoms with E-state index in [1.165, 1.54) is 63.1 Å². The number of rotatable bonds is 17. The van der Waals surface area contributed by atoms with Crippen LogP contribution >= 0.6 is 24.0 Å². The van der Waals surface area contributed by atoms with Gasteiger partial charge in [-0.2, -0.15) is 5.10 Å². The van der Waals surface area contributed by atoms with E-state index in [4.69, 9.17) is 22.1 Å². The summed E-state index contributed by atoms with van der Waals surface area (Å²) in [6.45, 7) is 9.97. The van der Waals surface area contributed by atoms with Gasteiger partial charge in [0.25, 0.3) is 5.91 Å². The molecule has 0 bridgehead atoms. The van der Waals surface area contributed by atoms with Gasteiger partial charge in [0.15, 0.2) is 0 Å². The van der Waals surface area contributed by atoms with Crippen molar-refractivity contribution in [3.05, 3.63) is 70.8 Å². The molecule has 43 heavy (non-hydrogen) atoms. The molecule has 230 valence electrons. The summed E-state index contributed by atoms with van der Waals surface area (Å²) in [6, 6.07) is 16.2. The number of nitrogens with zero attached hydrogens (tertiary/aromatic N) is 3. The number of benzene rings is 2. The Hall–Kier alpha value is -2.90. The lowest BCUT2D eigenvalue weighted by Crippen LogP contribution is -2.29. The minimum atomic E-state index is -0.00190. The number of hydrogen-bond donors (Lipinski definition) is 0. The van der Waals surface area contributed by atoms with Gasteiger partial charge in [-0.25, -0.2) is 4.68 Å². The molecule has 0 unspecified atom stereocenters. The van der Waals surface area contributed by atoms with Crippen LogP contribution in [0, 0.1) is 12.8 Å². The summed E-state index contributed by atoms with van der Waals surface area (Å²) in [6.07, 6.45) is 16.6. The third-order valence-corrected chi connectivity index (χ3v) is 9.06. The van der Waals surface area contributed by atoms with Gasteiger partial charge in [0.2, 0.25) is 0 Å². The molecule has 0 atom stereocenters. The molecule has 7 heteroatoms. The number of thioether (sulfide) groups is 1. The summed E-state index contributed by atoms with van der Waals surface area (Å²) in [5.74, 6) is 1.34. The second-order valence-corrected chi connectivity index (χ2v) is 13.6. The minimum absolute atomic E-state index is 0.00190. The highest BCUT2D eigenvalue weighted by atomic mass is 32.2. The molecule has 1 amide bonds. The molecule has 1 saturated heterocycles. The normalized spacial score (nSPS) is 14.4. The second-order valence-electron chi connectivity index (χ2n) is 11.9. The zero-order chi connectivity index (χ0) is 30.6. The Bertz CT molecular complexity index is 1380. The zero-order valence-electron chi connectivity index (χ0n) is 26.3. The van der Waals surface area contributed by atoms with E-state index in [9.17, 15) is 4.79 Å². The number of ether oxygens (including phenoxy) is 1. The summed E-state index contributed by atoms with van der Waals surface area (Å²) in [5.41, 5.74) is 4.71. The van der Waals surface area contributed by atoms with Crippen LogP contribution in [0.15, 0.2) is 59.6 Å². The van der Waals surface area contributed by atoms with E-state index in [1.54, 1.807) is 4.90 Å². The molecule has 4 rings (SSSR count). The number of hydrogen-bond acceptors (Lipinski definition) is 5. The lowest BCUT2D eigenvalue weighted by atomic mass is 10.0. The molecule has 0 radical (unpaired) electrons. The fraction of sp³-hybridized carbons (Fsp3) is 0.472. The fourth-order valence-electron chi connectivity index (χ4n) is 5.24. The number of amides is 1. The average molecular weight is 618 g/mol. The van der Waals surface area contributed by atoms with Crippen molar-refractivity contribution < 1.29 is 9.53 Å². The Morgan fingerprint density at radius 3 is 2.28 bits per heavy atom. The van der Waals surface area contributed by atoms with Gasteiger partial charge in [-0.1, -0.05) is 121 Å². The minimum Gasteiger partial charge on any atom is -0.493 e. The SMILES string of the molecule is CCCCCCCCCCCCN1C(=O)/C(=C/c2cn(-c3ccccc3)nc2-c2ccc(OCC(C)C)c(C)c2)SC1=S. The van der Waals surface area contributed by atoms with E-state index >= 15 is 0 Å². The predicted molar refractivity (Wildman–Crippen MR) is 186 cm³/mol. The van der Waals surface area contributed by atoms with Crippen LogP contribution in [-0.2, 0) is 4.79 Å². The molecule has 2 aromatic carbocycles. The highest BCUT2D eigenvalue weighted by molar-refractivity contribution is 8.26. The number of para-hydroxylation sites is 1. The summed E-state index contributed by atoms with van der Waals surface area (Å²) in [5, 5.41) is 4.97. The monoisotopic (exact) mass is 617 g/mol. The van der Waals surface area contributed by atoms with E-state index in [0.717, 1.165) is 46.7 Å².